The summed E-state index contributed by atoms with van der Waals surface area (Å²) in [5.74, 6) is 0. The van der Waals surface area contributed by atoms with Crippen molar-refractivity contribution >= 4 is 21.6 Å². The Bertz CT molecular complexity index is 631. The minimum atomic E-state index is -0.326. The van der Waals surface area contributed by atoms with Gasteiger partial charge in [0.2, 0.25) is 0 Å². The van der Waals surface area contributed by atoms with Crippen LogP contribution in [0.2, 0.25) is 0 Å². The molecule has 0 aliphatic carbocycles. The van der Waals surface area contributed by atoms with E-state index in [1.54, 1.807) is 12.1 Å². The summed E-state index contributed by atoms with van der Waals surface area (Å²) in [5, 5.41) is 14.4. The minimum Gasteiger partial charge on any atom is -0.310 e. The molecule has 0 fully saturated rings. The van der Waals surface area contributed by atoms with Crippen LogP contribution < -0.4 is 5.32 Å². The van der Waals surface area contributed by atoms with Crippen LogP contribution in [0.4, 0.5) is 5.69 Å². The summed E-state index contributed by atoms with van der Waals surface area (Å²) in [7, 11) is 0. The van der Waals surface area contributed by atoms with Gasteiger partial charge in [0.05, 0.1) is 4.92 Å². The van der Waals surface area contributed by atoms with Gasteiger partial charge in [-0.3, -0.25) is 10.1 Å². The average Bonchev–Trinajstić information content (AvgIpc) is 2.47. The van der Waals surface area contributed by atoms with Gasteiger partial charge in [0, 0.05) is 22.1 Å². The van der Waals surface area contributed by atoms with Crippen molar-refractivity contribution in [1.29, 1.82) is 0 Å². The fourth-order valence-corrected chi connectivity index (χ4v) is 2.63. The molecule has 1 N–H and O–H groups in total. The largest absolute Gasteiger partial charge is 0.310 e. The van der Waals surface area contributed by atoms with Crippen molar-refractivity contribution in [3.8, 4) is 0 Å². The topological polar surface area (TPSA) is 55.2 Å². The quantitative estimate of drug-likeness (QED) is 0.627. The first-order valence-electron chi connectivity index (χ1n) is 6.79. The molecule has 0 saturated carbocycles. The highest BCUT2D eigenvalue weighted by Gasteiger charge is 2.12. The van der Waals surface area contributed by atoms with Gasteiger partial charge in [-0.15, -0.1) is 0 Å². The lowest BCUT2D eigenvalue weighted by Gasteiger charge is -2.14. The molecule has 4 nitrogen and oxygen atoms in total. The number of hydrogen-bond donors (Lipinski definition) is 1. The third-order valence-electron chi connectivity index (χ3n) is 3.38. The SMILES string of the molecule is C[C@H](NCCc1ccccc1[N+](=O)[O-])c1cccc(Br)c1. The van der Waals surface area contributed by atoms with Crippen LogP contribution in [-0.4, -0.2) is 11.5 Å². The summed E-state index contributed by atoms with van der Waals surface area (Å²) in [6.07, 6.45) is 0.634. The van der Waals surface area contributed by atoms with Gasteiger partial charge in [0.1, 0.15) is 0 Å². The fourth-order valence-electron chi connectivity index (χ4n) is 2.22. The number of nitro groups is 1. The number of nitrogens with zero attached hydrogens (tertiary/aromatic N) is 1. The van der Waals surface area contributed by atoms with E-state index in [0.29, 0.717) is 13.0 Å². The molecule has 0 amide bonds. The Balaban J connectivity index is 1.94. The molecule has 0 aliphatic rings. The number of nitro benzene ring substituents is 1. The molecular formula is C16H17BrN2O2. The Morgan fingerprint density at radius 1 is 1.24 bits per heavy atom. The molecule has 2 aromatic carbocycles. The van der Waals surface area contributed by atoms with Crippen molar-refractivity contribution in [3.05, 3.63) is 74.2 Å². The normalized spacial score (nSPS) is 12.1. The van der Waals surface area contributed by atoms with Crippen LogP contribution in [-0.2, 0) is 6.42 Å². The lowest BCUT2D eigenvalue weighted by atomic mass is 10.1. The van der Waals surface area contributed by atoms with Gasteiger partial charge < -0.3 is 5.32 Å². The Kier molecular flexibility index (Phi) is 5.47. The van der Waals surface area contributed by atoms with E-state index >= 15 is 0 Å². The van der Waals surface area contributed by atoms with Crippen LogP contribution in [0, 0.1) is 10.1 Å². The predicted octanol–water partition coefficient (Wildman–Crippen LogP) is 4.25. The number of rotatable bonds is 6. The van der Waals surface area contributed by atoms with E-state index in [0.717, 1.165) is 10.0 Å². The van der Waals surface area contributed by atoms with Crippen molar-refractivity contribution in [2.45, 2.75) is 19.4 Å². The standard InChI is InChI=1S/C16H17BrN2O2/c1-12(14-6-4-7-15(17)11-14)18-10-9-13-5-2-3-8-16(13)19(20)21/h2-8,11-12,18H,9-10H2,1H3/t12-/m0/s1. The summed E-state index contributed by atoms with van der Waals surface area (Å²) in [6.45, 7) is 2.78. The Morgan fingerprint density at radius 3 is 2.71 bits per heavy atom. The molecule has 0 unspecified atom stereocenters. The highest BCUT2D eigenvalue weighted by molar-refractivity contribution is 9.10. The summed E-state index contributed by atoms with van der Waals surface area (Å²) in [6, 6.07) is 15.2. The van der Waals surface area contributed by atoms with Crippen LogP contribution >= 0.6 is 15.9 Å². The van der Waals surface area contributed by atoms with E-state index in [1.807, 2.05) is 24.3 Å². The molecule has 0 spiro atoms. The van der Waals surface area contributed by atoms with E-state index < -0.39 is 0 Å². The van der Waals surface area contributed by atoms with Gasteiger partial charge in [0.15, 0.2) is 0 Å². The molecule has 0 radical (unpaired) electrons. The lowest BCUT2D eigenvalue weighted by Crippen LogP contribution is -2.21. The van der Waals surface area contributed by atoms with Crippen LogP contribution in [0.5, 0.6) is 0 Å². The van der Waals surface area contributed by atoms with Crippen molar-refractivity contribution in [2.24, 2.45) is 0 Å². The van der Waals surface area contributed by atoms with Gasteiger partial charge in [-0.05, 0) is 37.6 Å². The first-order valence-corrected chi connectivity index (χ1v) is 7.58. The van der Waals surface area contributed by atoms with E-state index in [9.17, 15) is 10.1 Å². The third kappa shape index (κ3) is 4.37. The molecule has 0 aliphatic heterocycles. The van der Waals surface area contributed by atoms with E-state index in [2.05, 4.69) is 40.3 Å². The van der Waals surface area contributed by atoms with E-state index in [-0.39, 0.29) is 16.7 Å². The first kappa shape index (κ1) is 15.7. The molecular weight excluding hydrogens is 332 g/mol. The zero-order valence-electron chi connectivity index (χ0n) is 11.8. The van der Waals surface area contributed by atoms with E-state index in [1.165, 1.54) is 5.56 Å². The van der Waals surface area contributed by atoms with Crippen LogP contribution in [0.1, 0.15) is 24.1 Å². The predicted molar refractivity (Wildman–Crippen MR) is 87.4 cm³/mol. The summed E-state index contributed by atoms with van der Waals surface area (Å²) >= 11 is 3.46. The average molecular weight is 349 g/mol. The van der Waals surface area contributed by atoms with Gasteiger partial charge in [-0.2, -0.15) is 0 Å². The molecule has 21 heavy (non-hydrogen) atoms. The number of benzene rings is 2. The molecule has 1 atom stereocenters. The number of halogens is 1. The highest BCUT2D eigenvalue weighted by Crippen LogP contribution is 2.20. The summed E-state index contributed by atoms with van der Waals surface area (Å²) in [4.78, 5) is 10.6. The van der Waals surface area contributed by atoms with Crippen molar-refractivity contribution in [3.63, 3.8) is 0 Å². The summed E-state index contributed by atoms with van der Waals surface area (Å²) < 4.78 is 1.05. The first-order chi connectivity index (χ1) is 10.1. The number of nitrogens with one attached hydrogen (secondary N) is 1. The van der Waals surface area contributed by atoms with Crippen molar-refractivity contribution in [1.82, 2.24) is 5.32 Å². The minimum absolute atomic E-state index is 0.189. The lowest BCUT2D eigenvalue weighted by molar-refractivity contribution is -0.385. The molecule has 0 heterocycles. The Morgan fingerprint density at radius 2 is 2.00 bits per heavy atom. The highest BCUT2D eigenvalue weighted by atomic mass is 79.9. The second-order valence-electron chi connectivity index (χ2n) is 4.87. The summed E-state index contributed by atoms with van der Waals surface area (Å²) in [5.41, 5.74) is 2.14. The van der Waals surface area contributed by atoms with Gasteiger partial charge in [0.25, 0.3) is 5.69 Å². The van der Waals surface area contributed by atoms with Crippen LogP contribution in [0.3, 0.4) is 0 Å². The van der Waals surface area contributed by atoms with Crippen LogP contribution in [0.15, 0.2) is 53.0 Å². The maximum Gasteiger partial charge on any atom is 0.272 e. The fraction of sp³-hybridized carbons (Fsp3) is 0.250. The maximum absolute atomic E-state index is 11.0. The molecule has 0 bridgehead atoms. The number of hydrogen-bond acceptors (Lipinski definition) is 3. The third-order valence-corrected chi connectivity index (χ3v) is 3.88. The second-order valence-corrected chi connectivity index (χ2v) is 5.78. The molecule has 110 valence electrons. The zero-order chi connectivity index (χ0) is 15.2. The van der Waals surface area contributed by atoms with Gasteiger partial charge >= 0.3 is 0 Å². The number of para-hydroxylation sites is 1. The van der Waals surface area contributed by atoms with Gasteiger partial charge in [-0.25, -0.2) is 0 Å². The zero-order valence-corrected chi connectivity index (χ0v) is 13.3. The maximum atomic E-state index is 11.0. The molecule has 0 saturated heterocycles. The monoisotopic (exact) mass is 348 g/mol. The molecule has 5 heteroatoms. The molecule has 2 rings (SSSR count). The smallest absolute Gasteiger partial charge is 0.272 e. The van der Waals surface area contributed by atoms with Crippen LogP contribution in [0.25, 0.3) is 0 Å². The van der Waals surface area contributed by atoms with Gasteiger partial charge in [-0.1, -0.05) is 46.3 Å². The Labute approximate surface area is 132 Å². The van der Waals surface area contributed by atoms with Crippen molar-refractivity contribution < 1.29 is 4.92 Å². The molecule has 0 aromatic heterocycles. The van der Waals surface area contributed by atoms with E-state index in [4.69, 9.17) is 0 Å². The molecule has 2 aromatic rings. The van der Waals surface area contributed by atoms with Crippen molar-refractivity contribution in [2.75, 3.05) is 6.54 Å². The Hall–Kier alpha value is -1.72. The second kappa shape index (κ2) is 7.33.